The summed E-state index contributed by atoms with van der Waals surface area (Å²) in [6, 6.07) is 10.4. The molecule has 33 heavy (non-hydrogen) atoms. The van der Waals surface area contributed by atoms with Gasteiger partial charge < -0.3 is 15.2 Å². The van der Waals surface area contributed by atoms with Crippen LogP contribution in [0.1, 0.15) is 34.7 Å². The van der Waals surface area contributed by atoms with Crippen molar-refractivity contribution < 1.29 is 14.5 Å². The average Bonchev–Trinajstić information content (AvgIpc) is 3.14. The maximum absolute atomic E-state index is 12.4. The van der Waals surface area contributed by atoms with Gasteiger partial charge in [-0.15, -0.1) is 10.2 Å². The SMILES string of the molecule is Cc1cc([N+](=O)[O-])ccc1NC(=O)CSc1nnc([C@@H](C)NC(=O)c2ccc(Cl)cc2)n1C. The number of nitro groups is 1. The van der Waals surface area contributed by atoms with Crippen molar-refractivity contribution in [2.75, 3.05) is 11.1 Å². The summed E-state index contributed by atoms with van der Waals surface area (Å²) in [5, 5.41) is 25.7. The maximum Gasteiger partial charge on any atom is 0.269 e. The fraction of sp³-hybridized carbons (Fsp3) is 0.238. The second-order valence-corrected chi connectivity index (χ2v) is 8.57. The van der Waals surface area contributed by atoms with Crippen LogP contribution in [0.2, 0.25) is 5.02 Å². The Morgan fingerprint density at radius 2 is 1.91 bits per heavy atom. The molecule has 3 rings (SSSR count). The fourth-order valence-corrected chi connectivity index (χ4v) is 3.84. The number of hydrogen-bond acceptors (Lipinski definition) is 7. The second kappa shape index (κ2) is 10.5. The normalized spacial score (nSPS) is 11.6. The van der Waals surface area contributed by atoms with Gasteiger partial charge in [-0.25, -0.2) is 0 Å². The Labute approximate surface area is 198 Å². The molecule has 0 radical (unpaired) electrons. The van der Waals surface area contributed by atoms with Gasteiger partial charge in [-0.1, -0.05) is 23.4 Å². The van der Waals surface area contributed by atoms with Gasteiger partial charge in [-0.05, 0) is 49.7 Å². The van der Waals surface area contributed by atoms with Gasteiger partial charge in [0.15, 0.2) is 11.0 Å². The number of benzene rings is 2. The van der Waals surface area contributed by atoms with Crippen LogP contribution in [-0.2, 0) is 11.8 Å². The van der Waals surface area contributed by atoms with E-state index in [1.165, 1.54) is 30.0 Å². The number of nitro benzene ring substituents is 1. The summed E-state index contributed by atoms with van der Waals surface area (Å²) in [6.45, 7) is 3.47. The van der Waals surface area contributed by atoms with Gasteiger partial charge in [-0.2, -0.15) is 0 Å². The van der Waals surface area contributed by atoms with E-state index in [0.29, 0.717) is 32.8 Å². The first-order valence-electron chi connectivity index (χ1n) is 9.79. The quantitative estimate of drug-likeness (QED) is 0.279. The number of nitrogens with zero attached hydrogens (tertiary/aromatic N) is 4. The molecule has 2 amide bonds. The van der Waals surface area contributed by atoms with Crippen LogP contribution in [0.25, 0.3) is 0 Å². The lowest BCUT2D eigenvalue weighted by molar-refractivity contribution is -0.384. The van der Waals surface area contributed by atoms with E-state index >= 15 is 0 Å². The predicted molar refractivity (Wildman–Crippen MR) is 126 cm³/mol. The first-order valence-corrected chi connectivity index (χ1v) is 11.2. The molecule has 2 N–H and O–H groups in total. The number of halogens is 1. The predicted octanol–water partition coefficient (Wildman–Crippen LogP) is 3.91. The van der Waals surface area contributed by atoms with Crippen molar-refractivity contribution in [3.63, 3.8) is 0 Å². The van der Waals surface area contributed by atoms with Crippen molar-refractivity contribution in [1.29, 1.82) is 0 Å². The van der Waals surface area contributed by atoms with Crippen molar-refractivity contribution >= 4 is 46.6 Å². The number of rotatable bonds is 8. The summed E-state index contributed by atoms with van der Waals surface area (Å²) in [5.41, 5.74) is 1.53. The lowest BCUT2D eigenvalue weighted by Crippen LogP contribution is -2.28. The Balaban J connectivity index is 1.58. The van der Waals surface area contributed by atoms with E-state index in [4.69, 9.17) is 11.6 Å². The standard InChI is InChI=1S/C21H21ClN6O4S/c1-12-10-16(28(31)32)8-9-17(12)24-18(29)11-33-21-26-25-19(27(21)3)13(2)23-20(30)14-4-6-15(22)7-5-14/h4-10,13H,11H2,1-3H3,(H,23,30)(H,24,29)/t13-/m1/s1. The van der Waals surface area contributed by atoms with Gasteiger partial charge in [0.05, 0.1) is 16.7 Å². The van der Waals surface area contributed by atoms with Crippen molar-refractivity contribution in [3.05, 3.63) is 74.6 Å². The molecule has 12 heteroatoms. The first kappa shape index (κ1) is 24.2. The minimum atomic E-state index is -0.487. The fourth-order valence-electron chi connectivity index (χ4n) is 2.99. The Kier molecular flexibility index (Phi) is 7.67. The number of thioether (sulfide) groups is 1. The lowest BCUT2D eigenvalue weighted by Gasteiger charge is -2.13. The van der Waals surface area contributed by atoms with Crippen LogP contribution in [0.3, 0.4) is 0 Å². The van der Waals surface area contributed by atoms with E-state index < -0.39 is 11.0 Å². The number of non-ortho nitro benzene ring substituents is 1. The monoisotopic (exact) mass is 488 g/mol. The van der Waals surface area contributed by atoms with Gasteiger partial charge in [0.25, 0.3) is 11.6 Å². The largest absolute Gasteiger partial charge is 0.342 e. The second-order valence-electron chi connectivity index (χ2n) is 7.20. The van der Waals surface area contributed by atoms with E-state index in [2.05, 4.69) is 20.8 Å². The summed E-state index contributed by atoms with van der Waals surface area (Å²) in [7, 11) is 1.75. The Morgan fingerprint density at radius 3 is 2.55 bits per heavy atom. The number of nitrogens with one attached hydrogen (secondary N) is 2. The summed E-state index contributed by atoms with van der Waals surface area (Å²) in [4.78, 5) is 35.1. The van der Waals surface area contributed by atoms with Gasteiger partial charge in [0.1, 0.15) is 0 Å². The highest BCUT2D eigenvalue weighted by Gasteiger charge is 2.19. The molecule has 0 saturated carbocycles. The van der Waals surface area contributed by atoms with Crippen molar-refractivity contribution in [2.45, 2.75) is 25.0 Å². The van der Waals surface area contributed by atoms with E-state index in [9.17, 15) is 19.7 Å². The topological polar surface area (TPSA) is 132 Å². The molecule has 0 aliphatic heterocycles. The minimum Gasteiger partial charge on any atom is -0.342 e. The first-order chi connectivity index (χ1) is 15.7. The highest BCUT2D eigenvalue weighted by molar-refractivity contribution is 7.99. The number of carbonyl (C=O) groups excluding carboxylic acids is 2. The van der Waals surface area contributed by atoms with E-state index in [1.807, 2.05) is 0 Å². The van der Waals surface area contributed by atoms with Gasteiger partial charge in [0.2, 0.25) is 5.91 Å². The molecule has 0 saturated heterocycles. The summed E-state index contributed by atoms with van der Waals surface area (Å²) in [6.07, 6.45) is 0. The molecule has 1 atom stereocenters. The molecule has 1 heterocycles. The number of aryl methyl sites for hydroxylation is 1. The van der Waals surface area contributed by atoms with E-state index in [0.717, 1.165) is 0 Å². The van der Waals surface area contributed by atoms with Gasteiger partial charge >= 0.3 is 0 Å². The molecule has 1 aromatic heterocycles. The number of amides is 2. The van der Waals surface area contributed by atoms with Crippen LogP contribution in [0.5, 0.6) is 0 Å². The molecular formula is C21H21ClN6O4S. The number of carbonyl (C=O) groups is 2. The summed E-state index contributed by atoms with van der Waals surface area (Å²) >= 11 is 7.04. The van der Waals surface area contributed by atoms with Crippen LogP contribution in [0.4, 0.5) is 11.4 Å². The van der Waals surface area contributed by atoms with Crippen LogP contribution >= 0.6 is 23.4 Å². The van der Waals surface area contributed by atoms with Crippen molar-refractivity contribution in [1.82, 2.24) is 20.1 Å². The molecule has 2 aromatic carbocycles. The highest BCUT2D eigenvalue weighted by Crippen LogP contribution is 2.23. The molecule has 3 aromatic rings. The Hall–Kier alpha value is -3.44. The molecule has 0 unspecified atom stereocenters. The maximum atomic E-state index is 12.4. The molecule has 0 bridgehead atoms. The van der Waals surface area contributed by atoms with E-state index in [1.54, 1.807) is 49.7 Å². The number of hydrogen-bond donors (Lipinski definition) is 2. The molecule has 0 aliphatic carbocycles. The van der Waals surface area contributed by atoms with Crippen LogP contribution in [0, 0.1) is 17.0 Å². The molecule has 0 spiro atoms. The minimum absolute atomic E-state index is 0.0382. The smallest absolute Gasteiger partial charge is 0.269 e. The molecule has 172 valence electrons. The van der Waals surface area contributed by atoms with E-state index in [-0.39, 0.29) is 23.3 Å². The average molecular weight is 489 g/mol. The van der Waals surface area contributed by atoms with Gasteiger partial charge in [-0.3, -0.25) is 19.7 Å². The number of aromatic nitrogens is 3. The van der Waals surface area contributed by atoms with Gasteiger partial charge in [0, 0.05) is 35.5 Å². The molecule has 0 aliphatic rings. The molecule has 10 nitrogen and oxygen atoms in total. The third-order valence-corrected chi connectivity index (χ3v) is 6.01. The zero-order valence-electron chi connectivity index (χ0n) is 18.0. The van der Waals surface area contributed by atoms with Crippen molar-refractivity contribution in [2.24, 2.45) is 7.05 Å². The summed E-state index contributed by atoms with van der Waals surface area (Å²) in [5.74, 6) is 0.0414. The van der Waals surface area contributed by atoms with Crippen LogP contribution < -0.4 is 10.6 Å². The van der Waals surface area contributed by atoms with Crippen molar-refractivity contribution in [3.8, 4) is 0 Å². The third kappa shape index (κ3) is 6.08. The Morgan fingerprint density at radius 1 is 1.21 bits per heavy atom. The van der Waals surface area contributed by atoms with Crippen LogP contribution in [-0.4, -0.2) is 37.3 Å². The zero-order valence-corrected chi connectivity index (χ0v) is 19.6. The molecular weight excluding hydrogens is 468 g/mol. The summed E-state index contributed by atoms with van der Waals surface area (Å²) < 4.78 is 1.71. The lowest BCUT2D eigenvalue weighted by atomic mass is 10.2. The number of anilines is 1. The van der Waals surface area contributed by atoms with Crippen LogP contribution in [0.15, 0.2) is 47.6 Å². The third-order valence-electron chi connectivity index (χ3n) is 4.74. The zero-order chi connectivity index (χ0) is 24.1. The Bertz CT molecular complexity index is 1200. The molecule has 0 fully saturated rings. The highest BCUT2D eigenvalue weighted by atomic mass is 35.5.